The summed E-state index contributed by atoms with van der Waals surface area (Å²) < 4.78 is 0.651. The van der Waals surface area contributed by atoms with Crippen LogP contribution < -0.4 is 11.1 Å². The summed E-state index contributed by atoms with van der Waals surface area (Å²) in [6.45, 7) is 3.83. The van der Waals surface area contributed by atoms with Crippen LogP contribution in [0, 0.1) is 0 Å². The molecule has 0 aliphatic carbocycles. The fraction of sp³-hybridized carbons (Fsp3) is 0.300. The number of nitrogens with one attached hydrogen (secondary N) is 1. The minimum Gasteiger partial charge on any atom is -0.398 e. The van der Waals surface area contributed by atoms with Crippen LogP contribution >= 0.6 is 15.9 Å². The summed E-state index contributed by atoms with van der Waals surface area (Å²) in [6.07, 6.45) is 0. The SMILES string of the molecule is CC(C)NC(=O)c1cccc(N)c1Br. The number of nitrogens with two attached hydrogens (primary N) is 1. The Kier molecular flexibility index (Phi) is 3.52. The summed E-state index contributed by atoms with van der Waals surface area (Å²) in [6, 6.07) is 5.36. The molecular weight excluding hydrogens is 244 g/mol. The first-order chi connectivity index (χ1) is 6.52. The van der Waals surface area contributed by atoms with Gasteiger partial charge in [-0.25, -0.2) is 0 Å². The largest absolute Gasteiger partial charge is 0.398 e. The number of anilines is 1. The molecular formula is C10H13BrN2O. The number of nitrogen functional groups attached to an aromatic ring is 1. The summed E-state index contributed by atoms with van der Waals surface area (Å²) in [5, 5.41) is 2.80. The number of hydrogen-bond acceptors (Lipinski definition) is 2. The number of hydrogen-bond donors (Lipinski definition) is 2. The Balaban J connectivity index is 2.96. The second-order valence-corrected chi connectivity index (χ2v) is 4.13. The van der Waals surface area contributed by atoms with E-state index in [2.05, 4.69) is 21.2 Å². The van der Waals surface area contributed by atoms with E-state index >= 15 is 0 Å². The Hall–Kier alpha value is -1.03. The molecule has 0 unspecified atom stereocenters. The van der Waals surface area contributed by atoms with Gasteiger partial charge in [0.1, 0.15) is 0 Å². The lowest BCUT2D eigenvalue weighted by molar-refractivity contribution is 0.0942. The third-order valence-corrected chi connectivity index (χ3v) is 2.58. The monoisotopic (exact) mass is 256 g/mol. The van der Waals surface area contributed by atoms with Crippen molar-refractivity contribution in [2.75, 3.05) is 5.73 Å². The van der Waals surface area contributed by atoms with Gasteiger partial charge < -0.3 is 11.1 Å². The van der Waals surface area contributed by atoms with Gasteiger partial charge in [0.25, 0.3) is 5.91 Å². The van der Waals surface area contributed by atoms with E-state index in [4.69, 9.17) is 5.73 Å². The van der Waals surface area contributed by atoms with Crippen molar-refractivity contribution in [3.05, 3.63) is 28.2 Å². The van der Waals surface area contributed by atoms with Crippen LogP contribution in [0.2, 0.25) is 0 Å². The molecule has 0 aliphatic heterocycles. The van der Waals surface area contributed by atoms with Crippen LogP contribution in [0.1, 0.15) is 24.2 Å². The molecule has 3 N–H and O–H groups in total. The van der Waals surface area contributed by atoms with Gasteiger partial charge in [0.15, 0.2) is 0 Å². The maximum atomic E-state index is 11.6. The third kappa shape index (κ3) is 2.48. The van der Waals surface area contributed by atoms with Crippen molar-refractivity contribution in [3.63, 3.8) is 0 Å². The van der Waals surface area contributed by atoms with Crippen molar-refractivity contribution in [2.24, 2.45) is 0 Å². The number of carbonyl (C=O) groups is 1. The minimum absolute atomic E-state index is 0.112. The molecule has 4 heteroatoms. The Morgan fingerprint density at radius 3 is 2.71 bits per heavy atom. The van der Waals surface area contributed by atoms with Crippen LogP contribution in [0.5, 0.6) is 0 Å². The zero-order valence-electron chi connectivity index (χ0n) is 8.17. The van der Waals surface area contributed by atoms with Crippen LogP contribution in [0.15, 0.2) is 22.7 Å². The van der Waals surface area contributed by atoms with Crippen molar-refractivity contribution in [3.8, 4) is 0 Å². The quantitative estimate of drug-likeness (QED) is 0.798. The molecule has 0 radical (unpaired) electrons. The zero-order chi connectivity index (χ0) is 10.7. The van der Waals surface area contributed by atoms with E-state index in [1.807, 2.05) is 13.8 Å². The fourth-order valence-corrected chi connectivity index (χ4v) is 1.51. The molecule has 0 heterocycles. The summed E-state index contributed by atoms with van der Waals surface area (Å²) in [4.78, 5) is 11.6. The highest BCUT2D eigenvalue weighted by Gasteiger charge is 2.11. The average Bonchev–Trinajstić information content (AvgIpc) is 2.08. The molecule has 0 bridgehead atoms. The maximum Gasteiger partial charge on any atom is 0.252 e. The smallest absolute Gasteiger partial charge is 0.252 e. The van der Waals surface area contributed by atoms with Crippen LogP contribution in [-0.4, -0.2) is 11.9 Å². The lowest BCUT2D eigenvalue weighted by Gasteiger charge is -2.10. The van der Waals surface area contributed by atoms with Crippen molar-refractivity contribution in [1.82, 2.24) is 5.32 Å². The minimum atomic E-state index is -0.112. The molecule has 76 valence electrons. The zero-order valence-corrected chi connectivity index (χ0v) is 9.76. The summed E-state index contributed by atoms with van der Waals surface area (Å²) >= 11 is 3.28. The predicted molar refractivity (Wildman–Crippen MR) is 61.2 cm³/mol. The molecule has 1 rings (SSSR count). The van der Waals surface area contributed by atoms with Gasteiger partial charge in [-0.3, -0.25) is 4.79 Å². The Labute approximate surface area is 91.8 Å². The number of halogens is 1. The van der Waals surface area contributed by atoms with Crippen LogP contribution in [0.3, 0.4) is 0 Å². The van der Waals surface area contributed by atoms with E-state index in [9.17, 15) is 4.79 Å². The first-order valence-electron chi connectivity index (χ1n) is 4.37. The van der Waals surface area contributed by atoms with Crippen molar-refractivity contribution < 1.29 is 4.79 Å². The number of benzene rings is 1. The van der Waals surface area contributed by atoms with E-state index in [0.29, 0.717) is 15.7 Å². The lowest BCUT2D eigenvalue weighted by atomic mass is 10.2. The molecule has 1 aromatic rings. The molecule has 0 aromatic heterocycles. The fourth-order valence-electron chi connectivity index (χ4n) is 1.07. The second kappa shape index (κ2) is 4.46. The number of carbonyl (C=O) groups excluding carboxylic acids is 1. The molecule has 14 heavy (non-hydrogen) atoms. The van der Waals surface area contributed by atoms with Gasteiger partial charge in [0.2, 0.25) is 0 Å². The second-order valence-electron chi connectivity index (χ2n) is 3.34. The third-order valence-electron chi connectivity index (χ3n) is 1.69. The molecule has 0 saturated carbocycles. The van der Waals surface area contributed by atoms with Gasteiger partial charge in [-0.2, -0.15) is 0 Å². The van der Waals surface area contributed by atoms with Crippen LogP contribution in [0.4, 0.5) is 5.69 Å². The van der Waals surface area contributed by atoms with Gasteiger partial charge in [-0.05, 0) is 41.9 Å². The number of rotatable bonds is 2. The van der Waals surface area contributed by atoms with E-state index < -0.39 is 0 Å². The standard InChI is InChI=1S/C10H13BrN2O/c1-6(2)13-10(14)7-4-3-5-8(12)9(7)11/h3-6H,12H2,1-2H3,(H,13,14). The first kappa shape index (κ1) is 11.0. The molecule has 1 aromatic carbocycles. The average molecular weight is 257 g/mol. The maximum absolute atomic E-state index is 11.6. The van der Waals surface area contributed by atoms with Crippen LogP contribution in [0.25, 0.3) is 0 Å². The number of amides is 1. The van der Waals surface area contributed by atoms with Crippen molar-refractivity contribution in [2.45, 2.75) is 19.9 Å². The van der Waals surface area contributed by atoms with Crippen molar-refractivity contribution >= 4 is 27.5 Å². The molecule has 0 fully saturated rings. The highest BCUT2D eigenvalue weighted by atomic mass is 79.9. The van der Waals surface area contributed by atoms with E-state index in [1.54, 1.807) is 18.2 Å². The summed E-state index contributed by atoms with van der Waals surface area (Å²) in [7, 11) is 0. The molecule has 0 spiro atoms. The van der Waals surface area contributed by atoms with Crippen LogP contribution in [-0.2, 0) is 0 Å². The molecule has 3 nitrogen and oxygen atoms in total. The predicted octanol–water partition coefficient (Wildman–Crippen LogP) is 2.17. The Bertz CT molecular complexity index is 350. The highest BCUT2D eigenvalue weighted by molar-refractivity contribution is 9.10. The van der Waals surface area contributed by atoms with Gasteiger partial charge in [0, 0.05) is 11.7 Å². The normalized spacial score (nSPS) is 10.3. The molecule has 0 saturated heterocycles. The first-order valence-corrected chi connectivity index (χ1v) is 5.16. The Morgan fingerprint density at radius 2 is 2.14 bits per heavy atom. The summed E-state index contributed by atoms with van der Waals surface area (Å²) in [5.41, 5.74) is 6.80. The topological polar surface area (TPSA) is 55.1 Å². The Morgan fingerprint density at radius 1 is 1.50 bits per heavy atom. The molecule has 0 aliphatic rings. The molecule has 0 atom stereocenters. The van der Waals surface area contributed by atoms with E-state index in [-0.39, 0.29) is 11.9 Å². The van der Waals surface area contributed by atoms with Gasteiger partial charge in [-0.1, -0.05) is 6.07 Å². The molecule has 1 amide bonds. The highest BCUT2D eigenvalue weighted by Crippen LogP contribution is 2.23. The van der Waals surface area contributed by atoms with Crippen molar-refractivity contribution in [1.29, 1.82) is 0 Å². The van der Waals surface area contributed by atoms with E-state index in [0.717, 1.165) is 0 Å². The summed E-state index contributed by atoms with van der Waals surface area (Å²) in [5.74, 6) is -0.112. The van der Waals surface area contributed by atoms with Gasteiger partial charge in [0.05, 0.1) is 10.0 Å². The van der Waals surface area contributed by atoms with Gasteiger partial charge >= 0.3 is 0 Å². The van der Waals surface area contributed by atoms with E-state index in [1.165, 1.54) is 0 Å². The van der Waals surface area contributed by atoms with Gasteiger partial charge in [-0.15, -0.1) is 0 Å². The lowest BCUT2D eigenvalue weighted by Crippen LogP contribution is -2.30.